The van der Waals surface area contributed by atoms with Crippen molar-refractivity contribution in [2.45, 2.75) is 60.3 Å². The zero-order chi connectivity index (χ0) is 68.8. The van der Waals surface area contributed by atoms with Gasteiger partial charge >= 0.3 is 23.9 Å². The fourth-order valence-electron chi connectivity index (χ4n) is 8.86. The molecule has 25 heteroatoms. The average Bonchev–Trinajstić information content (AvgIpc) is 1.54. The van der Waals surface area contributed by atoms with Crippen LogP contribution in [0.4, 0.5) is 5.69 Å². The number of halogens is 1. The summed E-state index contributed by atoms with van der Waals surface area (Å²) in [6, 6.07) is 50.7. The summed E-state index contributed by atoms with van der Waals surface area (Å²) in [7, 11) is 1.34. The predicted molar refractivity (Wildman–Crippen MR) is 356 cm³/mol. The SMILES string of the molecule is CCCOc1ccc(-c2noc(-c3cccc(C(=O)OC)c3)n2)cc1.Cc1ccc(-c2noc(-c3cc(Br)cc(C(=O)O)c3)n2)cc1.Cc1ccc(-c2noc(-c3cc(C(=O)O)cc(C(C)(C)C)c3)n2)cc1.Cc1ccc(-c2noc(-c3cc(C(=O)O)cc([N+](=O)[O-])c3)n2)cc1. The minimum absolute atomic E-state index is 0.0109. The Morgan fingerprint density at radius 1 is 0.479 bits per heavy atom. The zero-order valence-corrected chi connectivity index (χ0v) is 54.4. The van der Waals surface area contributed by atoms with Gasteiger partial charge in [0, 0.05) is 61.1 Å². The lowest BCUT2D eigenvalue weighted by Gasteiger charge is -2.20. The van der Waals surface area contributed by atoms with Crippen LogP contribution in [0.3, 0.4) is 0 Å². The number of rotatable bonds is 16. The summed E-state index contributed by atoms with van der Waals surface area (Å²) < 4.78 is 32.0. The Bertz CT molecular complexity index is 4710. The molecule has 0 aliphatic heterocycles. The van der Waals surface area contributed by atoms with Crippen LogP contribution in [0.2, 0.25) is 0 Å². The smallest absolute Gasteiger partial charge is 0.337 e. The number of ether oxygens (including phenoxy) is 2. The molecule has 0 saturated heterocycles. The second kappa shape index (κ2) is 30.5. The third-order valence-electron chi connectivity index (χ3n) is 14.1. The van der Waals surface area contributed by atoms with Crippen molar-refractivity contribution in [2.24, 2.45) is 0 Å². The molecule has 0 aliphatic carbocycles. The molecule has 0 atom stereocenters. The Morgan fingerprint density at radius 2 is 0.854 bits per heavy atom. The highest BCUT2D eigenvalue weighted by Gasteiger charge is 2.23. The maximum Gasteiger partial charge on any atom is 0.337 e. The maximum absolute atomic E-state index is 11.6. The molecule has 4 aromatic heterocycles. The van der Waals surface area contributed by atoms with Gasteiger partial charge in [-0.3, -0.25) is 10.1 Å². The van der Waals surface area contributed by atoms with E-state index < -0.39 is 28.8 Å². The Hall–Kier alpha value is -12.1. The van der Waals surface area contributed by atoms with Crippen LogP contribution in [0.1, 0.15) is 97.8 Å². The molecule has 0 unspecified atom stereocenters. The summed E-state index contributed by atoms with van der Waals surface area (Å²) in [6.07, 6.45) is 0.959. The van der Waals surface area contributed by atoms with Gasteiger partial charge in [0.25, 0.3) is 29.3 Å². The molecule has 12 aromatic rings. The van der Waals surface area contributed by atoms with E-state index in [2.05, 4.69) is 63.4 Å². The molecule has 0 fully saturated rings. The highest BCUT2D eigenvalue weighted by molar-refractivity contribution is 9.10. The van der Waals surface area contributed by atoms with E-state index in [4.69, 9.17) is 37.8 Å². The number of methoxy groups -OCH3 is 1. The van der Waals surface area contributed by atoms with Gasteiger partial charge in [0.2, 0.25) is 23.3 Å². The van der Waals surface area contributed by atoms with Gasteiger partial charge in [0.1, 0.15) is 5.75 Å². The number of carbonyl (C=O) groups is 4. The van der Waals surface area contributed by atoms with Gasteiger partial charge in [0.05, 0.1) is 40.9 Å². The lowest BCUT2D eigenvalue weighted by atomic mass is 9.85. The first-order valence-corrected chi connectivity index (χ1v) is 30.2. The van der Waals surface area contributed by atoms with Crippen molar-refractivity contribution in [2.75, 3.05) is 13.7 Å². The van der Waals surface area contributed by atoms with Crippen molar-refractivity contribution < 1.29 is 67.0 Å². The number of aromatic nitrogens is 8. The fraction of sp³-hybridized carbons (Fsp3) is 0.155. The molecular weight excluding hydrogens is 1300 g/mol. The number of benzene rings is 8. The summed E-state index contributed by atoms with van der Waals surface area (Å²) in [5, 5.41) is 54.4. The number of carboxylic acid groups (broad SMARTS) is 3. The van der Waals surface area contributed by atoms with Gasteiger partial charge in [0.15, 0.2) is 0 Å². The second-order valence-corrected chi connectivity index (χ2v) is 23.4. The number of nitrogens with zero attached hydrogens (tertiary/aromatic N) is 9. The Kier molecular flexibility index (Phi) is 21.7. The number of non-ortho nitro benzene ring substituents is 1. The molecule has 0 aliphatic rings. The normalized spacial score (nSPS) is 10.8. The number of hydrogen-bond acceptors (Lipinski definition) is 20. The van der Waals surface area contributed by atoms with Crippen LogP contribution >= 0.6 is 15.9 Å². The van der Waals surface area contributed by atoms with Crippen LogP contribution < -0.4 is 4.74 Å². The van der Waals surface area contributed by atoms with Crippen molar-refractivity contribution in [3.63, 3.8) is 0 Å². The quantitative estimate of drug-likeness (QED) is 0.0459. The van der Waals surface area contributed by atoms with Crippen molar-refractivity contribution in [3.8, 4) is 97.1 Å². The summed E-state index contributed by atoms with van der Waals surface area (Å²) in [5.41, 5.74) is 9.50. The molecule has 96 heavy (non-hydrogen) atoms. The van der Waals surface area contributed by atoms with Gasteiger partial charge in [-0.15, -0.1) is 0 Å². The Morgan fingerprint density at radius 3 is 1.25 bits per heavy atom. The number of nitro benzene ring substituents is 1. The topological polar surface area (TPSA) is 346 Å². The molecule has 0 saturated carbocycles. The second-order valence-electron chi connectivity index (χ2n) is 22.5. The Labute approximate surface area is 556 Å². The largest absolute Gasteiger partial charge is 0.494 e. The van der Waals surface area contributed by atoms with Gasteiger partial charge in [-0.25, -0.2) is 19.2 Å². The molecular formula is C71H60BrN9O15. The van der Waals surface area contributed by atoms with Crippen LogP contribution in [0.15, 0.2) is 198 Å². The molecule has 0 radical (unpaired) electrons. The van der Waals surface area contributed by atoms with Gasteiger partial charge in [-0.05, 0) is 123 Å². The first-order chi connectivity index (χ1) is 45.9. The highest BCUT2D eigenvalue weighted by Crippen LogP contribution is 2.33. The van der Waals surface area contributed by atoms with E-state index in [0.717, 1.165) is 62.7 Å². The molecule has 486 valence electrons. The number of nitro groups is 1. The van der Waals surface area contributed by atoms with Crippen LogP contribution in [0.25, 0.3) is 91.4 Å². The molecule has 0 bridgehead atoms. The fourth-order valence-corrected chi connectivity index (χ4v) is 9.36. The van der Waals surface area contributed by atoms with E-state index >= 15 is 0 Å². The Balaban J connectivity index is 0.000000150. The van der Waals surface area contributed by atoms with Crippen molar-refractivity contribution in [1.29, 1.82) is 0 Å². The van der Waals surface area contributed by atoms with E-state index in [1.54, 1.807) is 42.5 Å². The average molecular weight is 1360 g/mol. The van der Waals surface area contributed by atoms with E-state index in [0.29, 0.717) is 68.4 Å². The first kappa shape index (κ1) is 68.3. The summed E-state index contributed by atoms with van der Waals surface area (Å²) in [5.74, 6) is -0.213. The number of hydrogen-bond donors (Lipinski definition) is 3. The number of esters is 1. The number of aryl methyl sites for hydroxylation is 3. The van der Waals surface area contributed by atoms with Crippen LogP contribution in [0.5, 0.6) is 5.75 Å². The van der Waals surface area contributed by atoms with Crippen molar-refractivity contribution in [3.05, 3.63) is 235 Å². The van der Waals surface area contributed by atoms with E-state index in [9.17, 15) is 34.4 Å². The minimum atomic E-state index is -1.28. The van der Waals surface area contributed by atoms with E-state index in [-0.39, 0.29) is 45.1 Å². The predicted octanol–water partition coefficient (Wildman–Crippen LogP) is 16.2. The number of carboxylic acids is 3. The molecule has 12 rings (SSSR count). The highest BCUT2D eigenvalue weighted by atomic mass is 79.9. The third-order valence-corrected chi connectivity index (χ3v) is 14.5. The molecule has 24 nitrogen and oxygen atoms in total. The monoisotopic (exact) mass is 1360 g/mol. The molecule has 3 N–H and O–H groups in total. The summed E-state index contributed by atoms with van der Waals surface area (Å²) in [4.78, 5) is 73.0. The van der Waals surface area contributed by atoms with E-state index in [1.165, 1.54) is 31.4 Å². The van der Waals surface area contributed by atoms with Crippen LogP contribution in [0, 0.1) is 30.9 Å². The minimum Gasteiger partial charge on any atom is -0.494 e. The standard InChI is InChI=1S/C20H20N2O3.C19H18N2O4.C16H11BrN2O3.C16H11N3O5/c1-12-5-7-13(8-6-12)17-21-18(25-22-17)14-9-15(19(23)24)11-16(10-14)20(2,3)4;1-3-11-24-16-9-7-13(8-10-16)17-20-18(25-21-17)14-5-4-6-15(12-14)19(22)23-2;1-9-2-4-10(5-3-9)14-18-15(22-19-14)11-6-12(16(20)21)8-13(17)7-11;1-9-2-4-10(5-3-9)14-17-15(24-18-14)11-6-12(16(20)21)8-13(7-11)19(22)23/h5-11H,1-4H3,(H,23,24);4-10,12H,3,11H2,1-2H3;2-8H,1H3,(H,20,21);2-8H,1H3,(H,20,21). The first-order valence-electron chi connectivity index (χ1n) is 29.4. The maximum atomic E-state index is 11.6. The van der Waals surface area contributed by atoms with Crippen molar-refractivity contribution >= 4 is 45.5 Å². The molecule has 0 spiro atoms. The van der Waals surface area contributed by atoms with E-state index in [1.807, 2.05) is 145 Å². The number of carbonyl (C=O) groups excluding carboxylic acids is 1. The molecule has 4 heterocycles. The lowest BCUT2D eigenvalue weighted by molar-refractivity contribution is -0.384. The lowest BCUT2D eigenvalue weighted by Crippen LogP contribution is -2.12. The van der Waals surface area contributed by atoms with Crippen molar-refractivity contribution in [1.82, 2.24) is 40.6 Å². The number of aromatic carboxylic acids is 3. The van der Waals surface area contributed by atoms with Gasteiger partial charge in [-0.2, -0.15) is 19.9 Å². The van der Waals surface area contributed by atoms with Gasteiger partial charge in [-0.1, -0.05) is 160 Å². The van der Waals surface area contributed by atoms with Crippen LogP contribution in [-0.4, -0.2) is 98.4 Å². The molecule has 8 aromatic carbocycles. The molecule has 0 amide bonds. The third kappa shape index (κ3) is 17.7. The summed E-state index contributed by atoms with van der Waals surface area (Å²) >= 11 is 3.29. The zero-order valence-electron chi connectivity index (χ0n) is 52.8. The van der Waals surface area contributed by atoms with Crippen LogP contribution in [-0.2, 0) is 10.2 Å². The van der Waals surface area contributed by atoms with Gasteiger partial charge < -0.3 is 42.9 Å². The summed E-state index contributed by atoms with van der Waals surface area (Å²) in [6.45, 7) is 14.8.